The minimum Gasteiger partial charge on any atom is -0.461 e. The molecule has 0 atom stereocenters. The summed E-state index contributed by atoms with van der Waals surface area (Å²) in [6, 6.07) is 13.5. The first-order valence-electron chi connectivity index (χ1n) is 8.41. The van der Waals surface area contributed by atoms with E-state index in [0.29, 0.717) is 11.3 Å². The second-order valence-electron chi connectivity index (χ2n) is 7.66. The average Bonchev–Trinajstić information content (AvgIpc) is 2.98. The summed E-state index contributed by atoms with van der Waals surface area (Å²) in [5, 5.41) is 0. The van der Waals surface area contributed by atoms with E-state index in [4.69, 9.17) is 9.47 Å². The third kappa shape index (κ3) is 3.26. The molecular formula is C21H23FO3. The molecule has 0 aromatic heterocycles. The van der Waals surface area contributed by atoms with E-state index < -0.39 is 5.82 Å². The zero-order valence-electron chi connectivity index (χ0n) is 15.0. The van der Waals surface area contributed by atoms with Crippen molar-refractivity contribution < 1.29 is 18.7 Å². The topological polar surface area (TPSA) is 35.5 Å². The lowest BCUT2D eigenvalue weighted by atomic mass is 10.0. The Kier molecular flexibility index (Phi) is 4.31. The molecule has 0 bridgehead atoms. The maximum Gasteiger partial charge on any atom is 0.310 e. The van der Waals surface area contributed by atoms with Crippen molar-refractivity contribution in [3.63, 3.8) is 0 Å². The number of halogens is 1. The largest absolute Gasteiger partial charge is 0.461 e. The van der Waals surface area contributed by atoms with Crippen molar-refractivity contribution in [3.8, 4) is 11.5 Å². The molecule has 1 aliphatic rings. The summed E-state index contributed by atoms with van der Waals surface area (Å²) < 4.78 is 25.0. The lowest BCUT2D eigenvalue weighted by Crippen LogP contribution is -2.11. The Labute approximate surface area is 147 Å². The van der Waals surface area contributed by atoms with E-state index in [9.17, 15) is 9.18 Å². The lowest BCUT2D eigenvalue weighted by molar-refractivity contribution is -0.148. The summed E-state index contributed by atoms with van der Waals surface area (Å²) >= 11 is 0. The van der Waals surface area contributed by atoms with Crippen LogP contribution in [0.1, 0.15) is 33.3 Å². The van der Waals surface area contributed by atoms with Crippen LogP contribution in [0.25, 0.3) is 0 Å². The molecule has 25 heavy (non-hydrogen) atoms. The second kappa shape index (κ2) is 6.17. The smallest absolute Gasteiger partial charge is 0.310 e. The van der Waals surface area contributed by atoms with Gasteiger partial charge in [0.2, 0.25) is 0 Å². The minimum absolute atomic E-state index is 0.0611. The Morgan fingerprint density at radius 1 is 1.04 bits per heavy atom. The molecule has 0 N–H and O–H groups in total. The van der Waals surface area contributed by atoms with Gasteiger partial charge in [-0.05, 0) is 40.7 Å². The maximum atomic E-state index is 14.0. The first-order valence-corrected chi connectivity index (χ1v) is 8.41. The molecular weight excluding hydrogens is 319 g/mol. The van der Waals surface area contributed by atoms with Gasteiger partial charge in [-0.2, -0.15) is 0 Å². The quantitative estimate of drug-likeness (QED) is 0.688. The van der Waals surface area contributed by atoms with E-state index in [1.165, 1.54) is 6.07 Å². The Bertz CT molecular complexity index is 767. The lowest BCUT2D eigenvalue weighted by Gasteiger charge is -2.10. The van der Waals surface area contributed by atoms with Crippen LogP contribution in [0.5, 0.6) is 11.5 Å². The molecule has 4 heteroatoms. The van der Waals surface area contributed by atoms with Crippen LogP contribution in [0.2, 0.25) is 0 Å². The highest BCUT2D eigenvalue weighted by molar-refractivity contribution is 5.78. The van der Waals surface area contributed by atoms with Crippen molar-refractivity contribution in [1.82, 2.24) is 0 Å². The Hall–Kier alpha value is -2.36. The monoisotopic (exact) mass is 342 g/mol. The van der Waals surface area contributed by atoms with Crippen LogP contribution in [-0.2, 0) is 16.1 Å². The van der Waals surface area contributed by atoms with Gasteiger partial charge in [0.25, 0.3) is 0 Å². The van der Waals surface area contributed by atoms with Crippen LogP contribution in [0.3, 0.4) is 0 Å². The number of para-hydroxylation sites is 1. The first kappa shape index (κ1) is 17.5. The van der Waals surface area contributed by atoms with Crippen molar-refractivity contribution in [2.75, 3.05) is 0 Å². The summed E-state index contributed by atoms with van der Waals surface area (Å²) in [5.74, 6) is -0.0995. The highest BCUT2D eigenvalue weighted by atomic mass is 19.1. The van der Waals surface area contributed by atoms with Crippen LogP contribution < -0.4 is 4.74 Å². The molecule has 0 spiro atoms. The van der Waals surface area contributed by atoms with Gasteiger partial charge in [-0.3, -0.25) is 4.79 Å². The summed E-state index contributed by atoms with van der Waals surface area (Å²) in [6.45, 7) is 8.39. The number of rotatable bonds is 5. The molecule has 3 nitrogen and oxygen atoms in total. The van der Waals surface area contributed by atoms with Gasteiger partial charge in [0, 0.05) is 0 Å². The van der Waals surface area contributed by atoms with Gasteiger partial charge in [-0.1, -0.05) is 52.0 Å². The molecule has 1 fully saturated rings. The molecule has 1 saturated carbocycles. The third-order valence-electron chi connectivity index (χ3n) is 5.60. The molecule has 3 rings (SSSR count). The fraction of sp³-hybridized carbons (Fsp3) is 0.381. The Balaban J connectivity index is 1.66. The fourth-order valence-electron chi connectivity index (χ4n) is 3.35. The van der Waals surface area contributed by atoms with E-state index in [-0.39, 0.29) is 35.1 Å². The standard InChI is InChI=1S/C21H23FO3/c1-20(2)18(21(20,3)4)19(23)24-13-14-10-11-16(22)17(12-14)25-15-8-6-5-7-9-15/h5-12,18H,13H2,1-4H3. The number of hydrogen-bond acceptors (Lipinski definition) is 3. The molecule has 0 heterocycles. The average molecular weight is 342 g/mol. The molecule has 0 unspecified atom stereocenters. The third-order valence-corrected chi connectivity index (χ3v) is 5.60. The number of carbonyl (C=O) groups excluding carboxylic acids is 1. The predicted octanol–water partition coefficient (Wildman–Crippen LogP) is 5.34. The molecule has 132 valence electrons. The van der Waals surface area contributed by atoms with E-state index in [2.05, 4.69) is 27.7 Å². The van der Waals surface area contributed by atoms with Crippen molar-refractivity contribution in [1.29, 1.82) is 0 Å². The molecule has 0 saturated heterocycles. The van der Waals surface area contributed by atoms with E-state index in [1.54, 1.807) is 24.3 Å². The molecule has 0 radical (unpaired) electrons. The molecule has 1 aliphatic carbocycles. The number of hydrogen-bond donors (Lipinski definition) is 0. The molecule has 0 aliphatic heterocycles. The highest BCUT2D eigenvalue weighted by Gasteiger charge is 2.69. The first-order chi connectivity index (χ1) is 11.7. The maximum absolute atomic E-state index is 14.0. The summed E-state index contributed by atoms with van der Waals surface area (Å²) in [7, 11) is 0. The molecule has 2 aromatic carbocycles. The van der Waals surface area contributed by atoms with Gasteiger partial charge in [0.1, 0.15) is 12.4 Å². The van der Waals surface area contributed by atoms with Crippen molar-refractivity contribution >= 4 is 5.97 Å². The van der Waals surface area contributed by atoms with Crippen LogP contribution >= 0.6 is 0 Å². The highest BCUT2D eigenvalue weighted by Crippen LogP contribution is 2.68. The van der Waals surface area contributed by atoms with Gasteiger partial charge in [0.15, 0.2) is 11.6 Å². The van der Waals surface area contributed by atoms with Crippen LogP contribution in [0.4, 0.5) is 4.39 Å². The minimum atomic E-state index is -0.455. The zero-order chi connectivity index (χ0) is 18.2. The van der Waals surface area contributed by atoms with Crippen molar-refractivity contribution in [3.05, 3.63) is 59.9 Å². The SMILES string of the molecule is CC1(C)C(C(=O)OCc2ccc(F)c(Oc3ccccc3)c2)C1(C)C. The number of esters is 1. The zero-order valence-corrected chi connectivity index (χ0v) is 15.0. The molecule has 2 aromatic rings. The van der Waals surface area contributed by atoms with Gasteiger partial charge < -0.3 is 9.47 Å². The van der Waals surface area contributed by atoms with Crippen LogP contribution in [0, 0.1) is 22.6 Å². The van der Waals surface area contributed by atoms with E-state index in [0.717, 1.165) is 0 Å². The van der Waals surface area contributed by atoms with Gasteiger partial charge in [-0.25, -0.2) is 4.39 Å². The normalized spacial score (nSPS) is 17.8. The summed E-state index contributed by atoms with van der Waals surface area (Å²) in [4.78, 5) is 12.3. The van der Waals surface area contributed by atoms with Crippen molar-refractivity contribution in [2.24, 2.45) is 16.7 Å². The van der Waals surface area contributed by atoms with Gasteiger partial charge in [-0.15, -0.1) is 0 Å². The fourth-order valence-corrected chi connectivity index (χ4v) is 3.35. The number of ether oxygens (including phenoxy) is 2. The Morgan fingerprint density at radius 3 is 2.28 bits per heavy atom. The van der Waals surface area contributed by atoms with Crippen LogP contribution in [-0.4, -0.2) is 5.97 Å². The summed E-state index contributed by atoms with van der Waals surface area (Å²) in [5.41, 5.74) is 0.570. The predicted molar refractivity (Wildman–Crippen MR) is 93.8 cm³/mol. The second-order valence-corrected chi connectivity index (χ2v) is 7.66. The van der Waals surface area contributed by atoms with E-state index >= 15 is 0 Å². The number of benzene rings is 2. The van der Waals surface area contributed by atoms with Gasteiger partial charge >= 0.3 is 5.97 Å². The summed E-state index contributed by atoms with van der Waals surface area (Å²) in [6.07, 6.45) is 0. The number of carbonyl (C=O) groups is 1. The van der Waals surface area contributed by atoms with Crippen LogP contribution in [0.15, 0.2) is 48.5 Å². The van der Waals surface area contributed by atoms with E-state index in [1.807, 2.05) is 18.2 Å². The van der Waals surface area contributed by atoms with Gasteiger partial charge in [0.05, 0.1) is 5.92 Å². The van der Waals surface area contributed by atoms with Crippen molar-refractivity contribution in [2.45, 2.75) is 34.3 Å². The molecule has 0 amide bonds. The Morgan fingerprint density at radius 2 is 1.68 bits per heavy atom.